The minimum absolute atomic E-state index is 0.0719. The second kappa shape index (κ2) is 7.76. The van der Waals surface area contributed by atoms with Crippen LogP contribution in [-0.2, 0) is 17.6 Å². The van der Waals surface area contributed by atoms with Gasteiger partial charge in [-0.3, -0.25) is 4.79 Å². The molecule has 0 aromatic heterocycles. The van der Waals surface area contributed by atoms with Gasteiger partial charge in [0.2, 0.25) is 5.91 Å². The highest BCUT2D eigenvalue weighted by Crippen LogP contribution is 2.36. The molecule has 134 valence electrons. The SMILES string of the molecule is CC(Nc1cccc(CO)c1)C(=O)Nc1ccc(Cl)cc1C(F)(F)F. The van der Waals surface area contributed by atoms with Crippen LogP contribution < -0.4 is 10.6 Å². The first kappa shape index (κ1) is 19.1. The lowest BCUT2D eigenvalue weighted by Crippen LogP contribution is -2.32. The summed E-state index contributed by atoms with van der Waals surface area (Å²) in [5.41, 5.74) is -0.154. The number of amides is 1. The standard InChI is InChI=1S/C17H16ClF3N2O2/c1-10(22-13-4-2-3-11(7-13)9-24)16(25)23-15-6-5-12(18)8-14(15)17(19,20)21/h2-8,10,22,24H,9H2,1H3,(H,23,25). The number of aliphatic hydroxyl groups is 1. The van der Waals surface area contributed by atoms with E-state index < -0.39 is 23.7 Å². The van der Waals surface area contributed by atoms with Gasteiger partial charge in [0.15, 0.2) is 0 Å². The van der Waals surface area contributed by atoms with Crippen LogP contribution in [0.25, 0.3) is 0 Å². The summed E-state index contributed by atoms with van der Waals surface area (Å²) in [6.07, 6.45) is -4.64. The molecule has 0 heterocycles. The molecule has 0 saturated heterocycles. The van der Waals surface area contributed by atoms with Gasteiger partial charge in [-0.05, 0) is 42.8 Å². The normalized spacial score (nSPS) is 12.6. The number of hydrogen-bond acceptors (Lipinski definition) is 3. The van der Waals surface area contributed by atoms with E-state index in [0.717, 1.165) is 12.1 Å². The number of carbonyl (C=O) groups is 1. The molecule has 1 unspecified atom stereocenters. The van der Waals surface area contributed by atoms with E-state index in [9.17, 15) is 18.0 Å². The van der Waals surface area contributed by atoms with Crippen molar-refractivity contribution in [3.8, 4) is 0 Å². The topological polar surface area (TPSA) is 61.4 Å². The molecule has 1 atom stereocenters. The second-order valence-electron chi connectivity index (χ2n) is 5.40. The van der Waals surface area contributed by atoms with Crippen LogP contribution in [0.3, 0.4) is 0 Å². The number of benzene rings is 2. The van der Waals surface area contributed by atoms with Crippen molar-refractivity contribution in [2.45, 2.75) is 25.7 Å². The van der Waals surface area contributed by atoms with Crippen molar-refractivity contribution in [3.63, 3.8) is 0 Å². The Labute approximate surface area is 147 Å². The van der Waals surface area contributed by atoms with Gasteiger partial charge in [0, 0.05) is 10.7 Å². The van der Waals surface area contributed by atoms with Gasteiger partial charge in [-0.2, -0.15) is 13.2 Å². The maximum absolute atomic E-state index is 13.1. The minimum atomic E-state index is -4.64. The number of hydrogen-bond donors (Lipinski definition) is 3. The van der Waals surface area contributed by atoms with Gasteiger partial charge in [-0.1, -0.05) is 23.7 Å². The number of carbonyl (C=O) groups excluding carboxylic acids is 1. The third kappa shape index (κ3) is 5.11. The molecular formula is C17H16ClF3N2O2. The van der Waals surface area contributed by atoms with E-state index in [1.807, 2.05) is 0 Å². The number of aliphatic hydroxyl groups excluding tert-OH is 1. The smallest absolute Gasteiger partial charge is 0.392 e. The molecule has 0 bridgehead atoms. The molecule has 2 aromatic carbocycles. The quantitative estimate of drug-likeness (QED) is 0.733. The Balaban J connectivity index is 2.14. The predicted molar refractivity (Wildman–Crippen MR) is 90.5 cm³/mol. The van der Waals surface area contributed by atoms with E-state index in [2.05, 4.69) is 10.6 Å². The van der Waals surface area contributed by atoms with E-state index >= 15 is 0 Å². The average molecular weight is 373 g/mol. The van der Waals surface area contributed by atoms with Crippen molar-refractivity contribution < 1.29 is 23.1 Å². The zero-order valence-corrected chi connectivity index (χ0v) is 13.9. The van der Waals surface area contributed by atoms with Crippen LogP contribution in [0.15, 0.2) is 42.5 Å². The van der Waals surface area contributed by atoms with Crippen molar-refractivity contribution >= 4 is 28.9 Å². The number of halogens is 4. The fraction of sp³-hybridized carbons (Fsp3) is 0.235. The average Bonchev–Trinajstić information content (AvgIpc) is 2.55. The largest absolute Gasteiger partial charge is 0.418 e. The number of nitrogens with one attached hydrogen (secondary N) is 2. The Morgan fingerprint density at radius 3 is 2.60 bits per heavy atom. The lowest BCUT2D eigenvalue weighted by molar-refractivity contribution is -0.137. The van der Waals surface area contributed by atoms with Gasteiger partial charge in [-0.15, -0.1) is 0 Å². The molecule has 2 aromatic rings. The Hall–Kier alpha value is -2.25. The molecule has 0 radical (unpaired) electrons. The highest BCUT2D eigenvalue weighted by atomic mass is 35.5. The zero-order valence-electron chi connectivity index (χ0n) is 13.2. The summed E-state index contributed by atoms with van der Waals surface area (Å²) < 4.78 is 39.2. The van der Waals surface area contributed by atoms with Gasteiger partial charge in [-0.25, -0.2) is 0 Å². The molecular weight excluding hydrogens is 357 g/mol. The van der Waals surface area contributed by atoms with E-state index in [4.69, 9.17) is 16.7 Å². The van der Waals surface area contributed by atoms with Crippen molar-refractivity contribution in [2.24, 2.45) is 0 Å². The fourth-order valence-corrected chi connectivity index (χ4v) is 2.35. The molecule has 25 heavy (non-hydrogen) atoms. The van der Waals surface area contributed by atoms with Crippen molar-refractivity contribution in [1.29, 1.82) is 0 Å². The molecule has 0 fully saturated rings. The Morgan fingerprint density at radius 2 is 1.96 bits per heavy atom. The van der Waals surface area contributed by atoms with Crippen LogP contribution in [0, 0.1) is 0 Å². The molecule has 8 heteroatoms. The molecule has 0 aliphatic heterocycles. The fourth-order valence-electron chi connectivity index (χ4n) is 2.18. The lowest BCUT2D eigenvalue weighted by Gasteiger charge is -2.18. The first-order valence-electron chi connectivity index (χ1n) is 7.34. The number of anilines is 2. The summed E-state index contributed by atoms with van der Waals surface area (Å²) in [5.74, 6) is -0.637. The van der Waals surface area contributed by atoms with E-state index in [1.165, 1.54) is 13.0 Å². The Morgan fingerprint density at radius 1 is 1.24 bits per heavy atom. The number of rotatable bonds is 5. The molecule has 1 amide bonds. The van der Waals surface area contributed by atoms with Gasteiger partial charge in [0.05, 0.1) is 17.9 Å². The summed E-state index contributed by atoms with van der Waals surface area (Å²) in [4.78, 5) is 12.2. The highest BCUT2D eigenvalue weighted by molar-refractivity contribution is 6.30. The van der Waals surface area contributed by atoms with Crippen molar-refractivity contribution in [2.75, 3.05) is 10.6 Å². The Bertz CT molecular complexity index is 766. The summed E-state index contributed by atoms with van der Waals surface area (Å²) in [7, 11) is 0. The Kier molecular flexibility index (Phi) is 5.92. The lowest BCUT2D eigenvalue weighted by atomic mass is 10.1. The molecule has 0 saturated carbocycles. The molecule has 4 nitrogen and oxygen atoms in total. The van der Waals surface area contributed by atoms with E-state index in [0.29, 0.717) is 11.3 Å². The first-order chi connectivity index (χ1) is 11.7. The minimum Gasteiger partial charge on any atom is -0.392 e. The molecule has 0 aliphatic rings. The molecule has 3 N–H and O–H groups in total. The number of alkyl halides is 3. The van der Waals surface area contributed by atoms with Gasteiger partial charge in [0.25, 0.3) is 0 Å². The summed E-state index contributed by atoms with van der Waals surface area (Å²) in [6, 6.07) is 9.08. The van der Waals surface area contributed by atoms with Crippen LogP contribution in [0.4, 0.5) is 24.5 Å². The first-order valence-corrected chi connectivity index (χ1v) is 7.72. The second-order valence-corrected chi connectivity index (χ2v) is 5.84. The summed E-state index contributed by atoms with van der Waals surface area (Å²) in [5, 5.41) is 14.2. The van der Waals surface area contributed by atoms with E-state index in [1.54, 1.807) is 24.3 Å². The summed E-state index contributed by atoms with van der Waals surface area (Å²) in [6.45, 7) is 1.36. The van der Waals surface area contributed by atoms with Crippen LogP contribution in [0.1, 0.15) is 18.1 Å². The molecule has 0 spiro atoms. The summed E-state index contributed by atoms with van der Waals surface area (Å²) >= 11 is 5.61. The maximum Gasteiger partial charge on any atom is 0.418 e. The third-order valence-electron chi connectivity index (χ3n) is 3.43. The third-order valence-corrected chi connectivity index (χ3v) is 3.67. The van der Waals surface area contributed by atoms with Gasteiger partial charge >= 0.3 is 6.18 Å². The van der Waals surface area contributed by atoms with Crippen LogP contribution >= 0.6 is 11.6 Å². The highest BCUT2D eigenvalue weighted by Gasteiger charge is 2.34. The monoisotopic (exact) mass is 372 g/mol. The maximum atomic E-state index is 13.1. The van der Waals surface area contributed by atoms with Crippen LogP contribution in [0.5, 0.6) is 0 Å². The van der Waals surface area contributed by atoms with Crippen LogP contribution in [-0.4, -0.2) is 17.1 Å². The van der Waals surface area contributed by atoms with Gasteiger partial charge < -0.3 is 15.7 Å². The molecule has 2 rings (SSSR count). The zero-order chi connectivity index (χ0) is 18.6. The van der Waals surface area contributed by atoms with Crippen molar-refractivity contribution in [1.82, 2.24) is 0 Å². The van der Waals surface area contributed by atoms with Gasteiger partial charge in [0.1, 0.15) is 6.04 Å². The molecule has 0 aliphatic carbocycles. The van der Waals surface area contributed by atoms with Crippen molar-refractivity contribution in [3.05, 3.63) is 58.6 Å². The van der Waals surface area contributed by atoms with E-state index in [-0.39, 0.29) is 17.3 Å². The van der Waals surface area contributed by atoms with Crippen LogP contribution in [0.2, 0.25) is 5.02 Å². The predicted octanol–water partition coefficient (Wildman–Crippen LogP) is 4.29.